The smallest absolute Gasteiger partial charge is 0.386 e. The lowest BCUT2D eigenvalue weighted by atomic mass is 9.87. The largest absolute Gasteiger partial charge is 0.481 e. The minimum absolute atomic E-state index is 0.0347. The summed E-state index contributed by atoms with van der Waals surface area (Å²) in [6.45, 7) is 0.882. The summed E-state index contributed by atoms with van der Waals surface area (Å²) >= 11 is 0. The highest BCUT2D eigenvalue weighted by Gasteiger charge is 2.50. The van der Waals surface area contributed by atoms with Gasteiger partial charge in [0.2, 0.25) is 11.8 Å². The molecule has 1 aliphatic rings. The third-order valence-electron chi connectivity index (χ3n) is 6.70. The van der Waals surface area contributed by atoms with Crippen LogP contribution in [-0.2, 0) is 45.9 Å². The Morgan fingerprint density at radius 1 is 1.10 bits per heavy atom. The van der Waals surface area contributed by atoms with Gasteiger partial charge in [-0.1, -0.05) is 35.4 Å². The van der Waals surface area contributed by atoms with Gasteiger partial charge >= 0.3 is 23.5 Å². The first-order chi connectivity index (χ1) is 23.2. The van der Waals surface area contributed by atoms with E-state index in [0.717, 1.165) is 17.2 Å². The molecule has 28 heteroatoms. The van der Waals surface area contributed by atoms with Gasteiger partial charge in [0, 0.05) is 30.7 Å². The molecule has 2 unspecified atom stereocenters. The van der Waals surface area contributed by atoms with Crippen molar-refractivity contribution in [2.75, 3.05) is 44.0 Å². The van der Waals surface area contributed by atoms with Gasteiger partial charge in [-0.2, -0.15) is 4.31 Å². The van der Waals surface area contributed by atoms with E-state index in [2.05, 4.69) is 34.4 Å². The number of nitrogen functional groups attached to an aromatic ring is 1. The molecule has 2 amide bonds. The Morgan fingerprint density at radius 2 is 1.78 bits per heavy atom. The summed E-state index contributed by atoms with van der Waals surface area (Å²) in [6.07, 6.45) is -4.80. The second kappa shape index (κ2) is 17.8. The molecule has 10 N–H and O–H groups in total. The fourth-order valence-electron chi connectivity index (χ4n) is 4.26. The molecule has 1 saturated heterocycles. The fourth-order valence-corrected chi connectivity index (χ4v) is 8.19. The summed E-state index contributed by atoms with van der Waals surface area (Å²) in [5.74, 6) is -0.606. The molecule has 50 heavy (non-hydrogen) atoms. The molecule has 1 aliphatic heterocycles. The van der Waals surface area contributed by atoms with Crippen molar-refractivity contribution in [3.8, 4) is 0 Å². The Kier molecular flexibility index (Phi) is 15.2. The van der Waals surface area contributed by atoms with Crippen LogP contribution in [-0.4, -0.2) is 124 Å². The Balaban J connectivity index is 1.57. The molecule has 0 radical (unpaired) electrons. The molecule has 284 valence electrons. The maximum atomic E-state index is 12.6. The monoisotopic (exact) mass is 813 g/mol. The number of fused-ring (bicyclic) bond motifs is 1. The number of aliphatic hydroxyl groups is 2. The van der Waals surface area contributed by atoms with Crippen LogP contribution in [0.5, 0.6) is 0 Å². The predicted octanol–water partition coefficient (Wildman–Crippen LogP) is -0.584. The molecule has 2 aromatic rings. The maximum Gasteiger partial charge on any atom is 0.481 e. The van der Waals surface area contributed by atoms with Crippen molar-refractivity contribution < 1.29 is 75.7 Å². The number of nitrogens with two attached hydrogens (primary N) is 1. The van der Waals surface area contributed by atoms with Gasteiger partial charge in [-0.15, -0.1) is 0 Å². The molecule has 3 rings (SSSR count). The van der Waals surface area contributed by atoms with Gasteiger partial charge in [0.1, 0.15) is 36.3 Å². The molecule has 0 spiro atoms. The van der Waals surface area contributed by atoms with E-state index in [4.69, 9.17) is 19.5 Å². The number of phosphoric ester groups is 3. The van der Waals surface area contributed by atoms with Crippen molar-refractivity contribution in [1.29, 1.82) is 0 Å². The van der Waals surface area contributed by atoms with Crippen molar-refractivity contribution >= 4 is 73.9 Å². The molecule has 23 nitrogen and oxygen atoms in total. The first-order valence-electron chi connectivity index (χ1n) is 14.2. The van der Waals surface area contributed by atoms with Crippen LogP contribution in [0.2, 0.25) is 0 Å². The van der Waals surface area contributed by atoms with Gasteiger partial charge in [-0.25, -0.2) is 28.6 Å². The average Bonchev–Trinajstić information content (AvgIpc) is 3.57. The number of nitrogens with one attached hydrogen (secondary N) is 2. The number of anilines is 1. The number of nitrogens with zero attached hydrogens (tertiary/aromatic N) is 4. The van der Waals surface area contributed by atoms with Crippen molar-refractivity contribution in [2.45, 2.75) is 50.9 Å². The highest BCUT2D eigenvalue weighted by Crippen LogP contribution is 2.61. The number of carbonyl (C=O) groups is 2. The second-order valence-electron chi connectivity index (χ2n) is 11.1. The summed E-state index contributed by atoms with van der Waals surface area (Å²) in [4.78, 5) is 75.0. The number of imidazole rings is 1. The number of aliphatic hydroxyl groups excluding tert-OH is 2. The van der Waals surface area contributed by atoms with E-state index >= 15 is 0 Å². The van der Waals surface area contributed by atoms with Crippen LogP contribution in [0.3, 0.4) is 0 Å². The van der Waals surface area contributed by atoms with Gasteiger partial charge in [0.05, 0.1) is 19.5 Å². The molecule has 2 aromatic heterocycles. The molecule has 0 bridgehead atoms. The summed E-state index contributed by atoms with van der Waals surface area (Å²) < 4.78 is 61.9. The average molecular weight is 814 g/mol. The van der Waals surface area contributed by atoms with E-state index in [1.54, 1.807) is 21.6 Å². The Morgan fingerprint density at radius 3 is 2.44 bits per heavy atom. The maximum absolute atomic E-state index is 12.6. The standard InChI is InChI=1S/C22H38N7O16P3S2/c1-22(2,17(32)20(33)25-5-4-13(30)24-6-7-50-49-3)9-42-48(39,40)45-47(37,38)41-8-12-16(44-46(34,35)36)15(31)21(43-12)29-11-28-14-18(23)26-10-27-19(14)29/h10-12,15-17,21,31-32H,4-9H2,1-3H3,(H,24,30)(H,25,33)(H,37,38)(H,39,40)(H2,23,26,27)(H2,34,35,36)/t12-,15-,16-,17+,21-/m1/s1. The number of carbonyl (C=O) groups excluding carboxylic acids is 2. The molecule has 0 aromatic carbocycles. The summed E-state index contributed by atoms with van der Waals surface area (Å²) in [7, 11) is -13.2. The Labute approximate surface area is 292 Å². The van der Waals surface area contributed by atoms with Crippen molar-refractivity contribution in [1.82, 2.24) is 30.2 Å². The Bertz CT molecular complexity index is 1630. The first kappa shape index (κ1) is 42.7. The lowest BCUT2D eigenvalue weighted by Crippen LogP contribution is -2.46. The molecule has 0 saturated carbocycles. The highest BCUT2D eigenvalue weighted by molar-refractivity contribution is 8.76. The molecular weight excluding hydrogens is 775 g/mol. The summed E-state index contributed by atoms with van der Waals surface area (Å²) in [5, 5.41) is 26.3. The van der Waals surface area contributed by atoms with Crippen molar-refractivity contribution in [3.05, 3.63) is 12.7 Å². The fraction of sp³-hybridized carbons (Fsp3) is 0.682. The van der Waals surface area contributed by atoms with E-state index in [-0.39, 0.29) is 35.9 Å². The molecule has 0 aliphatic carbocycles. The number of amides is 2. The first-order valence-corrected chi connectivity index (χ1v) is 21.5. The van der Waals surface area contributed by atoms with Gasteiger partial charge in [-0.05, 0) is 6.26 Å². The summed E-state index contributed by atoms with van der Waals surface area (Å²) in [6, 6.07) is 0. The van der Waals surface area contributed by atoms with Crippen LogP contribution in [0.15, 0.2) is 12.7 Å². The predicted molar refractivity (Wildman–Crippen MR) is 176 cm³/mol. The van der Waals surface area contributed by atoms with Gasteiger partial charge in [0.25, 0.3) is 0 Å². The zero-order valence-electron chi connectivity index (χ0n) is 26.6. The molecule has 3 heterocycles. The lowest BCUT2D eigenvalue weighted by Gasteiger charge is -2.30. The molecule has 1 fully saturated rings. The van der Waals surface area contributed by atoms with Crippen molar-refractivity contribution in [3.63, 3.8) is 0 Å². The topological polar surface area (TPSA) is 347 Å². The van der Waals surface area contributed by atoms with E-state index in [9.17, 15) is 53.1 Å². The summed E-state index contributed by atoms with van der Waals surface area (Å²) in [5.41, 5.74) is 4.31. The normalized spacial score (nSPS) is 22.9. The number of rotatable bonds is 20. The minimum atomic E-state index is -5.54. The number of hydrogen-bond donors (Lipinski definition) is 9. The van der Waals surface area contributed by atoms with Gasteiger partial charge < -0.3 is 50.9 Å². The van der Waals surface area contributed by atoms with E-state index in [1.165, 1.54) is 13.8 Å². The van der Waals surface area contributed by atoms with Gasteiger partial charge in [0.15, 0.2) is 17.7 Å². The number of phosphoric acid groups is 3. The minimum Gasteiger partial charge on any atom is -0.386 e. The van der Waals surface area contributed by atoms with E-state index in [0.29, 0.717) is 12.3 Å². The zero-order valence-corrected chi connectivity index (χ0v) is 30.9. The number of aromatic nitrogens is 4. The Hall–Kier alpha value is -1.76. The van der Waals surface area contributed by atoms with E-state index < -0.39 is 78.6 Å². The number of hydrogen-bond acceptors (Lipinski definition) is 18. The third-order valence-corrected chi connectivity index (χ3v) is 11.6. The SMILES string of the molecule is CSSCCNC(=O)CCNC(=O)[C@H](O)C(C)(C)COP(=O)(O)OP(=O)(O)OC[C@H]1O[C@@H](n2cnc3c(N)ncnc32)[C@H](O)[C@@H]1OP(=O)(O)O. The third kappa shape index (κ3) is 12.4. The molecule has 7 atom stereocenters. The molecular formula is C22H38N7O16P3S2. The van der Waals surface area contributed by atoms with Crippen LogP contribution in [0.4, 0.5) is 5.82 Å². The van der Waals surface area contributed by atoms with Crippen LogP contribution in [0, 0.1) is 5.41 Å². The van der Waals surface area contributed by atoms with Crippen LogP contribution < -0.4 is 16.4 Å². The van der Waals surface area contributed by atoms with Crippen LogP contribution in [0.1, 0.15) is 26.5 Å². The van der Waals surface area contributed by atoms with Crippen molar-refractivity contribution in [2.24, 2.45) is 5.41 Å². The number of ether oxygens (including phenoxy) is 1. The quantitative estimate of drug-likeness (QED) is 0.0458. The second-order valence-corrected chi connectivity index (χ2v) is 18.0. The van der Waals surface area contributed by atoms with Crippen LogP contribution >= 0.6 is 45.1 Å². The lowest BCUT2D eigenvalue weighted by molar-refractivity contribution is -0.137. The highest BCUT2D eigenvalue weighted by atomic mass is 33.1. The zero-order chi connectivity index (χ0) is 37.5. The van der Waals surface area contributed by atoms with Crippen LogP contribution in [0.25, 0.3) is 11.2 Å². The van der Waals surface area contributed by atoms with Gasteiger partial charge in [-0.3, -0.25) is 27.7 Å². The van der Waals surface area contributed by atoms with E-state index in [1.807, 2.05) is 6.26 Å².